The minimum atomic E-state index is -0.849. The molecule has 0 spiro atoms. The van der Waals surface area contributed by atoms with Gasteiger partial charge in [0.2, 0.25) is 0 Å². The molecule has 1 atom stereocenters. The molecular formula is C13H14O2. The Morgan fingerprint density at radius 3 is 2.67 bits per heavy atom. The van der Waals surface area contributed by atoms with Gasteiger partial charge in [-0.2, -0.15) is 0 Å². The third-order valence-electron chi connectivity index (χ3n) is 1.97. The van der Waals surface area contributed by atoms with Crippen LogP contribution in [0.1, 0.15) is 25.3 Å². The summed E-state index contributed by atoms with van der Waals surface area (Å²) in [6.45, 7) is 1.78. The van der Waals surface area contributed by atoms with Crippen molar-refractivity contribution in [3.05, 3.63) is 35.9 Å². The van der Waals surface area contributed by atoms with E-state index >= 15 is 0 Å². The molecule has 78 valence electrons. The van der Waals surface area contributed by atoms with Gasteiger partial charge in [-0.3, -0.25) is 4.79 Å². The van der Waals surface area contributed by atoms with E-state index in [1.165, 1.54) is 0 Å². The van der Waals surface area contributed by atoms with Crippen molar-refractivity contribution in [3.8, 4) is 11.8 Å². The maximum atomic E-state index is 11.0. The Kier molecular flexibility index (Phi) is 4.59. The van der Waals surface area contributed by atoms with Crippen LogP contribution < -0.4 is 0 Å². The van der Waals surface area contributed by atoms with Gasteiger partial charge in [-0.25, -0.2) is 0 Å². The van der Waals surface area contributed by atoms with E-state index in [0.717, 1.165) is 5.56 Å². The van der Waals surface area contributed by atoms with E-state index in [4.69, 9.17) is 0 Å². The fourth-order valence-electron chi connectivity index (χ4n) is 1.10. The number of aliphatic hydroxyl groups is 1. The zero-order valence-corrected chi connectivity index (χ0v) is 8.73. The first kappa shape index (κ1) is 11.5. The highest BCUT2D eigenvalue weighted by Gasteiger charge is 2.04. The number of aliphatic hydroxyl groups excluding tert-OH is 1. The highest BCUT2D eigenvalue weighted by atomic mass is 16.3. The predicted molar refractivity (Wildman–Crippen MR) is 59.2 cm³/mol. The summed E-state index contributed by atoms with van der Waals surface area (Å²) in [6, 6.07) is 9.39. The second-order valence-corrected chi connectivity index (χ2v) is 3.25. The van der Waals surface area contributed by atoms with Crippen LogP contribution in [0, 0.1) is 11.8 Å². The Balaban J connectivity index is 2.55. The molecular weight excluding hydrogens is 188 g/mol. The summed E-state index contributed by atoms with van der Waals surface area (Å²) in [5, 5.41) is 9.42. The Labute approximate surface area is 89.9 Å². The lowest BCUT2D eigenvalue weighted by Crippen LogP contribution is -2.10. The van der Waals surface area contributed by atoms with Gasteiger partial charge in [-0.05, 0) is 12.1 Å². The summed E-state index contributed by atoms with van der Waals surface area (Å²) in [7, 11) is 0. The molecule has 1 unspecified atom stereocenters. The van der Waals surface area contributed by atoms with Crippen LogP contribution in [0.3, 0.4) is 0 Å². The van der Waals surface area contributed by atoms with Gasteiger partial charge in [-0.15, -0.1) is 0 Å². The molecule has 0 aliphatic rings. The summed E-state index contributed by atoms with van der Waals surface area (Å²) in [4.78, 5) is 11.0. The van der Waals surface area contributed by atoms with Gasteiger partial charge in [0.15, 0.2) is 0 Å². The van der Waals surface area contributed by atoms with E-state index in [1.54, 1.807) is 6.92 Å². The SMILES string of the molecule is CCC(=O)CC(O)C#Cc1ccccc1. The number of Topliss-reactive ketones (excluding diaryl/α,β-unsaturated/α-hetero) is 1. The molecule has 15 heavy (non-hydrogen) atoms. The van der Waals surface area contributed by atoms with Gasteiger partial charge in [0, 0.05) is 18.4 Å². The van der Waals surface area contributed by atoms with Gasteiger partial charge >= 0.3 is 0 Å². The average Bonchev–Trinajstić information content (AvgIpc) is 2.27. The van der Waals surface area contributed by atoms with Crippen molar-refractivity contribution < 1.29 is 9.90 Å². The minimum Gasteiger partial charge on any atom is -0.380 e. The summed E-state index contributed by atoms with van der Waals surface area (Å²) in [6.07, 6.45) is -0.280. The molecule has 0 aliphatic heterocycles. The first-order chi connectivity index (χ1) is 7.22. The molecule has 0 saturated carbocycles. The van der Waals surface area contributed by atoms with E-state index in [1.807, 2.05) is 30.3 Å². The van der Waals surface area contributed by atoms with Crippen molar-refractivity contribution in [2.24, 2.45) is 0 Å². The molecule has 0 amide bonds. The summed E-state index contributed by atoms with van der Waals surface area (Å²) in [5.74, 6) is 5.50. The van der Waals surface area contributed by atoms with Crippen molar-refractivity contribution in [2.45, 2.75) is 25.9 Å². The molecule has 2 nitrogen and oxygen atoms in total. The van der Waals surface area contributed by atoms with Crippen LogP contribution in [0.15, 0.2) is 30.3 Å². The second-order valence-electron chi connectivity index (χ2n) is 3.25. The van der Waals surface area contributed by atoms with Crippen molar-refractivity contribution in [1.29, 1.82) is 0 Å². The fourth-order valence-corrected chi connectivity index (χ4v) is 1.10. The molecule has 0 fully saturated rings. The molecule has 1 aromatic carbocycles. The average molecular weight is 202 g/mol. The topological polar surface area (TPSA) is 37.3 Å². The third-order valence-corrected chi connectivity index (χ3v) is 1.97. The predicted octanol–water partition coefficient (Wildman–Crippen LogP) is 1.77. The second kappa shape index (κ2) is 6.00. The highest BCUT2D eigenvalue weighted by Crippen LogP contribution is 1.98. The largest absolute Gasteiger partial charge is 0.380 e. The zero-order valence-electron chi connectivity index (χ0n) is 8.73. The van der Waals surface area contributed by atoms with Crippen LogP contribution in [-0.4, -0.2) is 17.0 Å². The number of hydrogen-bond acceptors (Lipinski definition) is 2. The maximum Gasteiger partial charge on any atom is 0.136 e. The molecule has 1 aromatic rings. The normalized spacial score (nSPS) is 11.3. The van der Waals surface area contributed by atoms with Gasteiger partial charge in [0.25, 0.3) is 0 Å². The van der Waals surface area contributed by atoms with Crippen LogP contribution in [-0.2, 0) is 4.79 Å². The number of benzene rings is 1. The zero-order chi connectivity index (χ0) is 11.1. The molecule has 0 heterocycles. The third kappa shape index (κ3) is 4.44. The minimum absolute atomic E-state index is 0.0323. The molecule has 0 aliphatic carbocycles. The lowest BCUT2D eigenvalue weighted by Gasteiger charge is -1.99. The van der Waals surface area contributed by atoms with E-state index in [9.17, 15) is 9.90 Å². The van der Waals surface area contributed by atoms with Crippen LogP contribution in [0.5, 0.6) is 0 Å². The van der Waals surface area contributed by atoms with E-state index in [-0.39, 0.29) is 12.2 Å². The van der Waals surface area contributed by atoms with Crippen molar-refractivity contribution in [3.63, 3.8) is 0 Å². The Morgan fingerprint density at radius 2 is 2.07 bits per heavy atom. The van der Waals surface area contributed by atoms with E-state index < -0.39 is 6.10 Å². The van der Waals surface area contributed by atoms with Gasteiger partial charge in [-0.1, -0.05) is 37.0 Å². The first-order valence-corrected chi connectivity index (χ1v) is 4.98. The molecule has 0 aromatic heterocycles. The fraction of sp³-hybridized carbons (Fsp3) is 0.308. The molecule has 0 radical (unpaired) electrons. The van der Waals surface area contributed by atoms with Gasteiger partial charge < -0.3 is 5.11 Å². The van der Waals surface area contributed by atoms with Crippen molar-refractivity contribution in [2.75, 3.05) is 0 Å². The van der Waals surface area contributed by atoms with E-state index in [2.05, 4.69) is 11.8 Å². The first-order valence-electron chi connectivity index (χ1n) is 4.98. The lowest BCUT2D eigenvalue weighted by molar-refractivity contribution is -0.119. The van der Waals surface area contributed by atoms with Gasteiger partial charge in [0.1, 0.15) is 11.9 Å². The van der Waals surface area contributed by atoms with Crippen LogP contribution >= 0.6 is 0 Å². The lowest BCUT2D eigenvalue weighted by atomic mass is 10.1. The molecule has 0 bridgehead atoms. The number of rotatable bonds is 3. The molecule has 0 saturated heterocycles. The standard InChI is InChI=1S/C13H14O2/c1-2-12(14)10-13(15)9-8-11-6-4-3-5-7-11/h3-7,13,15H,2,10H2,1H3. The molecule has 1 N–H and O–H groups in total. The van der Waals surface area contributed by atoms with Crippen LogP contribution in [0.2, 0.25) is 0 Å². The van der Waals surface area contributed by atoms with Crippen LogP contribution in [0.4, 0.5) is 0 Å². The van der Waals surface area contributed by atoms with Gasteiger partial charge in [0.05, 0.1) is 0 Å². The Bertz CT molecular complexity index is 371. The monoisotopic (exact) mass is 202 g/mol. The van der Waals surface area contributed by atoms with E-state index in [0.29, 0.717) is 6.42 Å². The number of carbonyl (C=O) groups is 1. The number of ketones is 1. The smallest absolute Gasteiger partial charge is 0.136 e. The Hall–Kier alpha value is -1.59. The molecule has 1 rings (SSSR count). The Morgan fingerprint density at radius 1 is 1.40 bits per heavy atom. The summed E-state index contributed by atoms with van der Waals surface area (Å²) in [5.41, 5.74) is 0.848. The van der Waals surface area contributed by atoms with Crippen molar-refractivity contribution in [1.82, 2.24) is 0 Å². The maximum absolute atomic E-state index is 11.0. The van der Waals surface area contributed by atoms with Crippen LogP contribution in [0.25, 0.3) is 0 Å². The number of hydrogen-bond donors (Lipinski definition) is 1. The summed E-state index contributed by atoms with van der Waals surface area (Å²) < 4.78 is 0. The van der Waals surface area contributed by atoms with Crippen molar-refractivity contribution >= 4 is 5.78 Å². The summed E-state index contributed by atoms with van der Waals surface area (Å²) >= 11 is 0. The number of carbonyl (C=O) groups excluding carboxylic acids is 1. The molecule has 2 heteroatoms. The highest BCUT2D eigenvalue weighted by molar-refractivity contribution is 5.78. The quantitative estimate of drug-likeness (QED) is 0.758.